The van der Waals surface area contributed by atoms with Crippen molar-refractivity contribution in [1.82, 2.24) is 20.5 Å². The zero-order chi connectivity index (χ0) is 19.9. The second kappa shape index (κ2) is 11.5. The number of halogens is 1. The van der Waals surface area contributed by atoms with Crippen LogP contribution in [-0.2, 0) is 13.1 Å². The lowest BCUT2D eigenvalue weighted by Crippen LogP contribution is -2.42. The van der Waals surface area contributed by atoms with E-state index in [2.05, 4.69) is 56.7 Å². The van der Waals surface area contributed by atoms with Gasteiger partial charge < -0.3 is 15.1 Å². The first kappa shape index (κ1) is 23.7. The van der Waals surface area contributed by atoms with E-state index in [-0.39, 0.29) is 24.0 Å². The molecule has 2 aromatic rings. The van der Waals surface area contributed by atoms with E-state index in [1.807, 2.05) is 20.9 Å². The SMILES string of the molecule is CN=C(NCc1ccc(C)cc1)NCC1CCN(Cc2nc(C)c(C)o2)CC1.I. The van der Waals surface area contributed by atoms with E-state index in [0.29, 0.717) is 5.92 Å². The van der Waals surface area contributed by atoms with Crippen LogP contribution in [0.1, 0.15) is 41.3 Å². The van der Waals surface area contributed by atoms with Crippen molar-refractivity contribution in [3.8, 4) is 0 Å². The van der Waals surface area contributed by atoms with Crippen molar-refractivity contribution in [2.75, 3.05) is 26.7 Å². The predicted octanol–water partition coefficient (Wildman–Crippen LogP) is 3.80. The molecule has 0 bridgehead atoms. The fourth-order valence-electron chi connectivity index (χ4n) is 3.50. The van der Waals surface area contributed by atoms with Gasteiger partial charge >= 0.3 is 0 Å². The van der Waals surface area contributed by atoms with E-state index in [1.54, 1.807) is 0 Å². The Morgan fingerprint density at radius 1 is 1.14 bits per heavy atom. The Morgan fingerprint density at radius 2 is 1.83 bits per heavy atom. The lowest BCUT2D eigenvalue weighted by molar-refractivity contribution is 0.164. The van der Waals surface area contributed by atoms with E-state index < -0.39 is 0 Å². The zero-order valence-corrected chi connectivity index (χ0v) is 20.3. The molecule has 1 saturated heterocycles. The van der Waals surface area contributed by atoms with Crippen LogP contribution in [0.25, 0.3) is 0 Å². The minimum atomic E-state index is 0. The number of oxazole rings is 1. The van der Waals surface area contributed by atoms with Crippen LogP contribution in [0, 0.1) is 26.7 Å². The highest BCUT2D eigenvalue weighted by molar-refractivity contribution is 14.0. The number of aromatic nitrogens is 1. The standard InChI is InChI=1S/C22H33N5O.HI/c1-16-5-7-19(8-6-16)13-24-22(23-4)25-14-20-9-11-27(12-10-20)15-21-26-17(2)18(3)28-21;/h5-8,20H,9-15H2,1-4H3,(H2,23,24,25);1H. The monoisotopic (exact) mass is 511 g/mol. The topological polar surface area (TPSA) is 65.7 Å². The van der Waals surface area contributed by atoms with Gasteiger partial charge in [-0.05, 0) is 58.2 Å². The van der Waals surface area contributed by atoms with Crippen molar-refractivity contribution in [2.45, 2.75) is 46.7 Å². The van der Waals surface area contributed by atoms with Crippen LogP contribution in [0.2, 0.25) is 0 Å². The Morgan fingerprint density at radius 3 is 2.41 bits per heavy atom. The minimum Gasteiger partial charge on any atom is -0.444 e. The molecule has 0 aliphatic carbocycles. The van der Waals surface area contributed by atoms with Gasteiger partial charge in [-0.2, -0.15) is 0 Å². The molecule has 0 radical (unpaired) electrons. The lowest BCUT2D eigenvalue weighted by Gasteiger charge is -2.31. The molecule has 1 aliphatic heterocycles. The molecule has 0 unspecified atom stereocenters. The highest BCUT2D eigenvalue weighted by Gasteiger charge is 2.21. The molecule has 1 aliphatic rings. The summed E-state index contributed by atoms with van der Waals surface area (Å²) in [5.41, 5.74) is 3.54. The van der Waals surface area contributed by atoms with Gasteiger partial charge in [-0.15, -0.1) is 24.0 Å². The number of nitrogens with one attached hydrogen (secondary N) is 2. The molecule has 2 heterocycles. The molecule has 29 heavy (non-hydrogen) atoms. The second-order valence-electron chi connectivity index (χ2n) is 7.76. The third-order valence-corrected chi connectivity index (χ3v) is 5.50. The minimum absolute atomic E-state index is 0. The number of aryl methyl sites for hydroxylation is 3. The lowest BCUT2D eigenvalue weighted by atomic mass is 9.97. The van der Waals surface area contributed by atoms with Gasteiger partial charge in [-0.3, -0.25) is 9.89 Å². The van der Waals surface area contributed by atoms with E-state index >= 15 is 0 Å². The molecule has 160 valence electrons. The quantitative estimate of drug-likeness (QED) is 0.351. The normalized spacial score (nSPS) is 15.8. The smallest absolute Gasteiger partial charge is 0.208 e. The summed E-state index contributed by atoms with van der Waals surface area (Å²) >= 11 is 0. The van der Waals surface area contributed by atoms with Crippen LogP contribution < -0.4 is 10.6 Å². The third-order valence-electron chi connectivity index (χ3n) is 5.50. The molecule has 1 fully saturated rings. The van der Waals surface area contributed by atoms with Gasteiger partial charge in [0, 0.05) is 20.1 Å². The molecule has 7 heteroatoms. The highest BCUT2D eigenvalue weighted by atomic mass is 127. The average Bonchev–Trinajstić information content (AvgIpc) is 3.01. The average molecular weight is 511 g/mol. The first-order valence-corrected chi connectivity index (χ1v) is 10.2. The van der Waals surface area contributed by atoms with Crippen LogP contribution in [0.4, 0.5) is 0 Å². The molecule has 0 spiro atoms. The number of hydrogen-bond donors (Lipinski definition) is 2. The number of hydrogen-bond acceptors (Lipinski definition) is 4. The summed E-state index contributed by atoms with van der Waals surface area (Å²) in [5.74, 6) is 3.31. The summed E-state index contributed by atoms with van der Waals surface area (Å²) < 4.78 is 5.72. The van der Waals surface area contributed by atoms with Crippen LogP contribution >= 0.6 is 24.0 Å². The molecular weight excluding hydrogens is 477 g/mol. The van der Waals surface area contributed by atoms with Crippen molar-refractivity contribution in [3.05, 3.63) is 52.7 Å². The number of guanidine groups is 1. The van der Waals surface area contributed by atoms with Crippen molar-refractivity contribution in [2.24, 2.45) is 10.9 Å². The number of benzene rings is 1. The van der Waals surface area contributed by atoms with Crippen LogP contribution in [-0.4, -0.2) is 42.5 Å². The molecule has 3 rings (SSSR count). The van der Waals surface area contributed by atoms with Crippen molar-refractivity contribution in [3.63, 3.8) is 0 Å². The maximum atomic E-state index is 5.72. The van der Waals surface area contributed by atoms with Crippen molar-refractivity contribution >= 4 is 29.9 Å². The third kappa shape index (κ3) is 7.29. The first-order valence-electron chi connectivity index (χ1n) is 10.2. The molecule has 0 amide bonds. The molecule has 1 aromatic heterocycles. The van der Waals surface area contributed by atoms with Crippen molar-refractivity contribution < 1.29 is 4.42 Å². The van der Waals surface area contributed by atoms with E-state index in [4.69, 9.17) is 4.42 Å². The Balaban J connectivity index is 0.00000300. The van der Waals surface area contributed by atoms with E-state index in [0.717, 1.165) is 56.0 Å². The molecular formula is C22H34IN5O. The van der Waals surface area contributed by atoms with Gasteiger partial charge in [-0.1, -0.05) is 29.8 Å². The van der Waals surface area contributed by atoms with Gasteiger partial charge in [0.05, 0.1) is 12.2 Å². The highest BCUT2D eigenvalue weighted by Crippen LogP contribution is 2.19. The Bertz CT molecular complexity index is 760. The largest absolute Gasteiger partial charge is 0.444 e. The Labute approximate surface area is 191 Å². The summed E-state index contributed by atoms with van der Waals surface area (Å²) in [5, 5.41) is 6.89. The van der Waals surface area contributed by atoms with Crippen LogP contribution in [0.5, 0.6) is 0 Å². The van der Waals surface area contributed by atoms with Crippen molar-refractivity contribution in [1.29, 1.82) is 0 Å². The second-order valence-corrected chi connectivity index (χ2v) is 7.76. The van der Waals surface area contributed by atoms with Gasteiger partial charge in [0.15, 0.2) is 5.96 Å². The first-order chi connectivity index (χ1) is 13.5. The number of nitrogens with zero attached hydrogens (tertiary/aromatic N) is 3. The summed E-state index contributed by atoms with van der Waals surface area (Å²) in [6, 6.07) is 8.59. The van der Waals surface area contributed by atoms with Gasteiger partial charge in [0.25, 0.3) is 0 Å². The molecule has 0 saturated carbocycles. The molecule has 6 nitrogen and oxygen atoms in total. The molecule has 2 N–H and O–H groups in total. The molecule has 1 aromatic carbocycles. The number of likely N-dealkylation sites (tertiary alicyclic amines) is 1. The van der Waals surface area contributed by atoms with E-state index in [9.17, 15) is 0 Å². The maximum absolute atomic E-state index is 5.72. The van der Waals surface area contributed by atoms with Gasteiger partial charge in [-0.25, -0.2) is 4.98 Å². The number of piperidine rings is 1. The summed E-state index contributed by atoms with van der Waals surface area (Å²) in [4.78, 5) is 11.3. The van der Waals surface area contributed by atoms with Crippen LogP contribution in [0.3, 0.4) is 0 Å². The summed E-state index contributed by atoms with van der Waals surface area (Å²) in [6.07, 6.45) is 2.36. The van der Waals surface area contributed by atoms with E-state index in [1.165, 1.54) is 24.0 Å². The maximum Gasteiger partial charge on any atom is 0.208 e. The predicted molar refractivity (Wildman–Crippen MR) is 129 cm³/mol. The fourth-order valence-corrected chi connectivity index (χ4v) is 3.50. The summed E-state index contributed by atoms with van der Waals surface area (Å²) in [6.45, 7) is 10.8. The number of rotatable bonds is 6. The van der Waals surface area contributed by atoms with Gasteiger partial charge in [0.1, 0.15) is 5.76 Å². The zero-order valence-electron chi connectivity index (χ0n) is 18.0. The molecule has 0 atom stereocenters. The summed E-state index contributed by atoms with van der Waals surface area (Å²) in [7, 11) is 1.83. The fraction of sp³-hybridized carbons (Fsp3) is 0.545. The Kier molecular flexibility index (Phi) is 9.42. The van der Waals surface area contributed by atoms with Crippen LogP contribution in [0.15, 0.2) is 33.7 Å². The Hall–Kier alpha value is -1.61. The van der Waals surface area contributed by atoms with Gasteiger partial charge in [0.2, 0.25) is 5.89 Å². The number of aliphatic imine (C=N–C) groups is 1.